The molecule has 0 radical (unpaired) electrons. The molecule has 1 aromatic heterocycles. The standard InChI is InChI=1S/C9H14S2Se/c1-3-4-5-12-8-6-9(10-2)11-7-8/h6-7H,3-5H2,1-2H3. The summed E-state index contributed by atoms with van der Waals surface area (Å²) in [6, 6.07) is 2.35. The van der Waals surface area contributed by atoms with E-state index in [4.69, 9.17) is 0 Å². The Bertz CT molecular complexity index is 220. The van der Waals surface area contributed by atoms with Gasteiger partial charge in [-0.15, -0.1) is 0 Å². The van der Waals surface area contributed by atoms with Crippen LogP contribution in [0.25, 0.3) is 0 Å². The van der Waals surface area contributed by atoms with E-state index in [1.165, 1.54) is 22.4 Å². The number of thioether (sulfide) groups is 1. The summed E-state index contributed by atoms with van der Waals surface area (Å²) in [7, 11) is 0. The van der Waals surface area contributed by atoms with Crippen LogP contribution in [0.15, 0.2) is 15.7 Å². The van der Waals surface area contributed by atoms with E-state index >= 15 is 0 Å². The molecular formula is C9H14S2Se. The maximum absolute atomic E-state index is 2.35. The molecule has 68 valence electrons. The van der Waals surface area contributed by atoms with Gasteiger partial charge < -0.3 is 0 Å². The van der Waals surface area contributed by atoms with E-state index in [0.717, 1.165) is 15.0 Å². The molecule has 0 bridgehead atoms. The van der Waals surface area contributed by atoms with Crippen LogP contribution in [0.1, 0.15) is 19.8 Å². The van der Waals surface area contributed by atoms with E-state index in [9.17, 15) is 0 Å². The second kappa shape index (κ2) is 6.09. The van der Waals surface area contributed by atoms with Gasteiger partial charge in [0.1, 0.15) is 0 Å². The van der Waals surface area contributed by atoms with Crippen LogP contribution in [-0.4, -0.2) is 21.2 Å². The number of rotatable bonds is 5. The SMILES string of the molecule is CCCC[Se]c1csc(SC)c1. The number of unbranched alkanes of at least 4 members (excludes halogenated alkanes) is 1. The zero-order valence-electron chi connectivity index (χ0n) is 7.50. The Morgan fingerprint density at radius 3 is 3.00 bits per heavy atom. The van der Waals surface area contributed by atoms with E-state index in [1.54, 1.807) is 4.46 Å². The third-order valence-corrected chi connectivity index (χ3v) is 6.11. The van der Waals surface area contributed by atoms with Gasteiger partial charge in [-0.2, -0.15) is 0 Å². The summed E-state index contributed by atoms with van der Waals surface area (Å²) in [6.45, 7) is 2.26. The van der Waals surface area contributed by atoms with Crippen LogP contribution in [0.5, 0.6) is 0 Å². The first-order valence-electron chi connectivity index (χ1n) is 4.12. The van der Waals surface area contributed by atoms with Crippen LogP contribution in [0.3, 0.4) is 0 Å². The molecule has 0 spiro atoms. The molecule has 0 amide bonds. The number of hydrogen-bond donors (Lipinski definition) is 0. The Hall–Kier alpha value is 0.569. The summed E-state index contributed by atoms with van der Waals surface area (Å²) in [4.78, 5) is 0. The fourth-order valence-electron chi connectivity index (χ4n) is 0.817. The predicted octanol–water partition coefficient (Wildman–Crippen LogP) is 3.02. The van der Waals surface area contributed by atoms with Crippen molar-refractivity contribution >= 4 is 42.5 Å². The molecule has 0 atom stereocenters. The first-order valence-corrected chi connectivity index (χ1v) is 8.29. The van der Waals surface area contributed by atoms with E-state index < -0.39 is 0 Å². The Labute approximate surface area is 89.3 Å². The van der Waals surface area contributed by atoms with Gasteiger partial charge in [0.15, 0.2) is 0 Å². The molecule has 0 aromatic carbocycles. The molecule has 3 heteroatoms. The van der Waals surface area contributed by atoms with Crippen LogP contribution in [0.2, 0.25) is 5.32 Å². The van der Waals surface area contributed by atoms with Crippen molar-refractivity contribution in [3.63, 3.8) is 0 Å². The zero-order chi connectivity index (χ0) is 8.81. The minimum absolute atomic E-state index is 0.737. The van der Waals surface area contributed by atoms with E-state index in [2.05, 4.69) is 24.6 Å². The third kappa shape index (κ3) is 3.53. The van der Waals surface area contributed by atoms with Gasteiger partial charge in [-0.05, 0) is 0 Å². The summed E-state index contributed by atoms with van der Waals surface area (Å²) in [6.07, 6.45) is 4.88. The molecular weight excluding hydrogens is 251 g/mol. The molecule has 12 heavy (non-hydrogen) atoms. The molecule has 0 saturated heterocycles. The van der Waals surface area contributed by atoms with Crippen molar-refractivity contribution in [2.75, 3.05) is 6.26 Å². The summed E-state index contributed by atoms with van der Waals surface area (Å²) >= 11 is 4.48. The third-order valence-electron chi connectivity index (χ3n) is 1.52. The molecule has 0 saturated carbocycles. The predicted molar refractivity (Wildman–Crippen MR) is 61.2 cm³/mol. The van der Waals surface area contributed by atoms with Crippen LogP contribution < -0.4 is 4.46 Å². The topological polar surface area (TPSA) is 0 Å². The second-order valence-electron chi connectivity index (χ2n) is 2.51. The van der Waals surface area contributed by atoms with E-state index in [1.807, 2.05) is 23.1 Å². The van der Waals surface area contributed by atoms with Gasteiger partial charge in [-0.25, -0.2) is 0 Å². The normalized spacial score (nSPS) is 10.5. The first-order chi connectivity index (χ1) is 5.86. The zero-order valence-corrected chi connectivity index (χ0v) is 10.8. The summed E-state index contributed by atoms with van der Waals surface area (Å²) < 4.78 is 3.05. The van der Waals surface area contributed by atoms with Crippen molar-refractivity contribution in [2.24, 2.45) is 0 Å². The van der Waals surface area contributed by atoms with Gasteiger partial charge >= 0.3 is 89.5 Å². The number of thiophene rings is 1. The monoisotopic (exact) mass is 266 g/mol. The van der Waals surface area contributed by atoms with Gasteiger partial charge in [0.05, 0.1) is 0 Å². The summed E-state index contributed by atoms with van der Waals surface area (Å²) in [5, 5.41) is 3.73. The molecule has 0 aliphatic rings. The quantitative estimate of drug-likeness (QED) is 0.448. The first kappa shape index (κ1) is 10.6. The van der Waals surface area contributed by atoms with Crippen molar-refractivity contribution in [1.29, 1.82) is 0 Å². The van der Waals surface area contributed by atoms with Crippen LogP contribution in [0, 0.1) is 0 Å². The van der Waals surface area contributed by atoms with Crippen molar-refractivity contribution < 1.29 is 0 Å². The van der Waals surface area contributed by atoms with Crippen molar-refractivity contribution in [3.8, 4) is 0 Å². The van der Waals surface area contributed by atoms with Crippen LogP contribution in [-0.2, 0) is 0 Å². The molecule has 0 fully saturated rings. The average Bonchev–Trinajstić information content (AvgIpc) is 2.53. The van der Waals surface area contributed by atoms with Gasteiger partial charge in [0.2, 0.25) is 0 Å². The van der Waals surface area contributed by atoms with Gasteiger partial charge in [0, 0.05) is 0 Å². The Kier molecular flexibility index (Phi) is 5.40. The van der Waals surface area contributed by atoms with Gasteiger partial charge in [-0.3, -0.25) is 0 Å². The molecule has 0 N–H and O–H groups in total. The fourth-order valence-corrected chi connectivity index (χ4v) is 5.05. The molecule has 0 aliphatic carbocycles. The van der Waals surface area contributed by atoms with Crippen molar-refractivity contribution in [1.82, 2.24) is 0 Å². The summed E-state index contributed by atoms with van der Waals surface area (Å²) in [5.74, 6) is 0. The fraction of sp³-hybridized carbons (Fsp3) is 0.556. The Morgan fingerprint density at radius 2 is 2.42 bits per heavy atom. The van der Waals surface area contributed by atoms with Crippen molar-refractivity contribution in [2.45, 2.75) is 29.3 Å². The average molecular weight is 265 g/mol. The minimum atomic E-state index is 0.737. The molecule has 0 aliphatic heterocycles. The molecule has 1 rings (SSSR count). The summed E-state index contributed by atoms with van der Waals surface area (Å²) in [5.41, 5.74) is 0. The van der Waals surface area contributed by atoms with Gasteiger partial charge in [0.25, 0.3) is 0 Å². The molecule has 1 heterocycles. The molecule has 0 nitrogen and oxygen atoms in total. The van der Waals surface area contributed by atoms with Crippen molar-refractivity contribution in [3.05, 3.63) is 11.4 Å². The maximum atomic E-state index is 2.35. The van der Waals surface area contributed by atoms with Crippen LogP contribution in [0.4, 0.5) is 0 Å². The Morgan fingerprint density at radius 1 is 1.58 bits per heavy atom. The molecule has 1 aromatic rings. The van der Waals surface area contributed by atoms with E-state index in [-0.39, 0.29) is 0 Å². The number of hydrogen-bond acceptors (Lipinski definition) is 2. The molecule has 0 unspecified atom stereocenters. The van der Waals surface area contributed by atoms with Crippen LogP contribution >= 0.6 is 23.1 Å². The van der Waals surface area contributed by atoms with E-state index in [0.29, 0.717) is 0 Å². The second-order valence-corrected chi connectivity index (χ2v) is 6.98. The van der Waals surface area contributed by atoms with Gasteiger partial charge in [-0.1, -0.05) is 0 Å². The Balaban J connectivity index is 2.31.